The quantitative estimate of drug-likeness (QED) is 0.157. The van der Waals surface area contributed by atoms with Crippen LogP contribution >= 0.6 is 0 Å². The van der Waals surface area contributed by atoms with Crippen molar-refractivity contribution in [3.05, 3.63) is 65.4 Å². The first kappa shape index (κ1) is 25.5. The molecule has 3 fully saturated rings. The SMILES string of the molecule is N/C(=N\O)c1ccc(N2[C@@H]3CC[C@H]2C[C@@H](OCc2c(-c4ccccc4OC(F)(F)F)noc2C2CC2)C3)cc1. The molecule has 3 aliphatic rings. The number of oxime groups is 1. The van der Waals surface area contributed by atoms with E-state index in [1.54, 1.807) is 12.1 Å². The van der Waals surface area contributed by atoms with Gasteiger partial charge in [-0.3, -0.25) is 0 Å². The maximum absolute atomic E-state index is 13.1. The summed E-state index contributed by atoms with van der Waals surface area (Å²) in [5.41, 5.74) is 8.71. The van der Waals surface area contributed by atoms with Crippen molar-refractivity contribution in [2.45, 2.75) is 75.6 Å². The van der Waals surface area contributed by atoms with Crippen molar-refractivity contribution in [1.29, 1.82) is 0 Å². The number of benzene rings is 2. The summed E-state index contributed by atoms with van der Waals surface area (Å²) in [6.07, 6.45) is 0.895. The summed E-state index contributed by atoms with van der Waals surface area (Å²) in [7, 11) is 0. The number of alkyl halides is 3. The van der Waals surface area contributed by atoms with Crippen molar-refractivity contribution in [3.63, 3.8) is 0 Å². The van der Waals surface area contributed by atoms with E-state index in [-0.39, 0.29) is 35.8 Å². The zero-order chi connectivity index (χ0) is 27.1. The Bertz CT molecular complexity index is 1340. The van der Waals surface area contributed by atoms with Crippen molar-refractivity contribution in [1.82, 2.24) is 5.16 Å². The molecule has 1 saturated carbocycles. The van der Waals surface area contributed by atoms with E-state index >= 15 is 0 Å². The lowest BCUT2D eigenvalue weighted by Crippen LogP contribution is -2.45. The van der Waals surface area contributed by atoms with Crippen LogP contribution in [-0.4, -0.2) is 40.7 Å². The second-order valence-corrected chi connectivity index (χ2v) is 10.4. The molecular formula is C28H29F3N4O4. The Morgan fingerprint density at radius 1 is 1.05 bits per heavy atom. The molecule has 2 aliphatic heterocycles. The van der Waals surface area contributed by atoms with Gasteiger partial charge in [-0.2, -0.15) is 0 Å². The highest BCUT2D eigenvalue weighted by Crippen LogP contribution is 2.46. The third-order valence-electron chi connectivity index (χ3n) is 7.86. The highest BCUT2D eigenvalue weighted by Gasteiger charge is 2.42. The first-order valence-corrected chi connectivity index (χ1v) is 13.1. The lowest BCUT2D eigenvalue weighted by atomic mass is 9.98. The molecule has 1 aromatic heterocycles. The molecular weight excluding hydrogens is 513 g/mol. The van der Waals surface area contributed by atoms with Gasteiger partial charge in [0.05, 0.1) is 12.7 Å². The van der Waals surface area contributed by atoms with Gasteiger partial charge < -0.3 is 29.8 Å². The van der Waals surface area contributed by atoms with E-state index in [2.05, 4.69) is 19.9 Å². The third-order valence-corrected chi connectivity index (χ3v) is 7.86. The van der Waals surface area contributed by atoms with Gasteiger partial charge in [-0.15, -0.1) is 13.2 Å². The number of halogens is 3. The van der Waals surface area contributed by atoms with Crippen LogP contribution in [0.15, 0.2) is 58.2 Å². The smallest absolute Gasteiger partial charge is 0.409 e. The molecule has 6 rings (SSSR count). The molecule has 3 N–H and O–H groups in total. The van der Waals surface area contributed by atoms with E-state index in [0.29, 0.717) is 34.7 Å². The van der Waals surface area contributed by atoms with Crippen molar-refractivity contribution in [2.75, 3.05) is 4.90 Å². The Kier molecular flexibility index (Phi) is 6.62. The van der Waals surface area contributed by atoms with E-state index < -0.39 is 6.36 Å². The molecule has 3 atom stereocenters. The number of rotatable bonds is 8. The van der Waals surface area contributed by atoms with E-state index in [9.17, 15) is 13.2 Å². The molecule has 3 heterocycles. The summed E-state index contributed by atoms with van der Waals surface area (Å²) in [5.74, 6) is 0.665. The highest BCUT2D eigenvalue weighted by molar-refractivity contribution is 5.97. The predicted molar refractivity (Wildman–Crippen MR) is 137 cm³/mol. The topological polar surface area (TPSA) is 106 Å². The maximum atomic E-state index is 13.1. The number of hydrogen-bond acceptors (Lipinski definition) is 7. The van der Waals surface area contributed by atoms with Crippen LogP contribution in [0.25, 0.3) is 11.3 Å². The molecule has 0 amide bonds. The summed E-state index contributed by atoms with van der Waals surface area (Å²) in [6, 6.07) is 14.3. The first-order chi connectivity index (χ1) is 18.8. The van der Waals surface area contributed by atoms with Crippen LogP contribution in [0.4, 0.5) is 18.9 Å². The standard InChI is InChI=1S/C28H29F3N4O4/c29-28(30,31)38-24-4-2-1-3-22(24)25-23(26(39-34-25)16-5-6-16)15-37-21-13-19-11-12-20(14-21)35(19)18-9-7-17(8-10-18)27(32)33-36/h1-4,7-10,16,19-21,36H,5-6,11-15H2,(H2,32,33)/t19-,20+,21+. The second kappa shape index (κ2) is 10.1. The minimum atomic E-state index is -4.82. The molecule has 2 aromatic carbocycles. The van der Waals surface area contributed by atoms with Gasteiger partial charge in [0.15, 0.2) is 5.84 Å². The zero-order valence-electron chi connectivity index (χ0n) is 21.1. The van der Waals surface area contributed by atoms with E-state index in [4.69, 9.17) is 20.2 Å². The minimum Gasteiger partial charge on any atom is -0.409 e. The number of para-hydroxylation sites is 1. The van der Waals surface area contributed by atoms with Crippen molar-refractivity contribution >= 4 is 11.5 Å². The minimum absolute atomic E-state index is 0.00617. The third kappa shape index (κ3) is 5.27. The average molecular weight is 543 g/mol. The molecule has 0 radical (unpaired) electrons. The van der Waals surface area contributed by atoms with Crippen LogP contribution < -0.4 is 15.4 Å². The number of amidine groups is 1. The van der Waals surface area contributed by atoms with Crippen LogP contribution in [0.5, 0.6) is 5.75 Å². The molecule has 39 heavy (non-hydrogen) atoms. The van der Waals surface area contributed by atoms with E-state index in [1.165, 1.54) is 12.1 Å². The van der Waals surface area contributed by atoms with Gasteiger partial charge in [-0.25, -0.2) is 0 Å². The van der Waals surface area contributed by atoms with Crippen LogP contribution in [0, 0.1) is 0 Å². The number of fused-ring (bicyclic) bond motifs is 2. The highest BCUT2D eigenvalue weighted by atomic mass is 19.4. The molecule has 1 aliphatic carbocycles. The normalized spacial score (nSPS) is 23.3. The molecule has 8 nitrogen and oxygen atoms in total. The Labute approximate surface area is 223 Å². The van der Waals surface area contributed by atoms with Gasteiger partial charge in [-0.05, 0) is 74.9 Å². The fraction of sp³-hybridized carbons (Fsp3) is 0.429. The van der Waals surface area contributed by atoms with Crippen LogP contribution in [0.2, 0.25) is 0 Å². The number of nitrogens with two attached hydrogens (primary N) is 1. The Morgan fingerprint density at radius 2 is 1.74 bits per heavy atom. The van der Waals surface area contributed by atoms with Crippen LogP contribution in [0.3, 0.4) is 0 Å². The largest absolute Gasteiger partial charge is 0.573 e. The molecule has 0 spiro atoms. The van der Waals surface area contributed by atoms with Gasteiger partial charge in [0, 0.05) is 40.4 Å². The molecule has 11 heteroatoms. The number of anilines is 1. The number of hydrogen-bond donors (Lipinski definition) is 2. The molecule has 2 saturated heterocycles. The molecule has 2 bridgehead atoms. The van der Waals surface area contributed by atoms with Gasteiger partial charge in [-0.1, -0.05) is 22.4 Å². The Hall–Kier alpha value is -3.73. The lowest BCUT2D eigenvalue weighted by molar-refractivity contribution is -0.274. The maximum Gasteiger partial charge on any atom is 0.573 e. The summed E-state index contributed by atoms with van der Waals surface area (Å²) < 4.78 is 55.6. The zero-order valence-corrected chi connectivity index (χ0v) is 21.1. The van der Waals surface area contributed by atoms with E-state index in [0.717, 1.165) is 44.2 Å². The number of piperidine rings is 1. The fourth-order valence-electron chi connectivity index (χ4n) is 5.96. The van der Waals surface area contributed by atoms with Crippen molar-refractivity contribution in [3.8, 4) is 17.0 Å². The molecule has 206 valence electrons. The first-order valence-electron chi connectivity index (χ1n) is 13.1. The summed E-state index contributed by atoms with van der Waals surface area (Å²) in [6.45, 7) is 0.212. The summed E-state index contributed by atoms with van der Waals surface area (Å²) in [5, 5.41) is 16.2. The van der Waals surface area contributed by atoms with Gasteiger partial charge in [0.1, 0.15) is 17.2 Å². The van der Waals surface area contributed by atoms with Crippen molar-refractivity contribution in [2.24, 2.45) is 10.9 Å². The monoisotopic (exact) mass is 542 g/mol. The van der Waals surface area contributed by atoms with Gasteiger partial charge in [0.2, 0.25) is 0 Å². The summed E-state index contributed by atoms with van der Waals surface area (Å²) >= 11 is 0. The lowest BCUT2D eigenvalue weighted by Gasteiger charge is -2.40. The van der Waals surface area contributed by atoms with Crippen molar-refractivity contribution < 1.29 is 32.4 Å². The molecule has 0 unspecified atom stereocenters. The van der Waals surface area contributed by atoms with Crippen LogP contribution in [0.1, 0.15) is 61.3 Å². The fourth-order valence-corrected chi connectivity index (χ4v) is 5.96. The number of aromatic nitrogens is 1. The Morgan fingerprint density at radius 3 is 2.38 bits per heavy atom. The number of nitrogens with zero attached hydrogens (tertiary/aromatic N) is 3. The Balaban J connectivity index is 1.18. The average Bonchev–Trinajstić information content (AvgIpc) is 3.62. The number of ether oxygens (including phenoxy) is 2. The van der Waals surface area contributed by atoms with Crippen LogP contribution in [-0.2, 0) is 11.3 Å². The predicted octanol–water partition coefficient (Wildman–Crippen LogP) is 5.93. The second-order valence-electron chi connectivity index (χ2n) is 10.4. The van der Waals surface area contributed by atoms with Gasteiger partial charge >= 0.3 is 6.36 Å². The van der Waals surface area contributed by atoms with E-state index in [1.807, 2.05) is 24.3 Å². The summed E-state index contributed by atoms with van der Waals surface area (Å²) in [4.78, 5) is 2.43. The van der Waals surface area contributed by atoms with Gasteiger partial charge in [0.25, 0.3) is 0 Å². The molecule has 3 aromatic rings.